The van der Waals surface area contributed by atoms with Gasteiger partial charge in [0.05, 0.1) is 9.79 Å². The lowest BCUT2D eigenvalue weighted by atomic mass is 9.96. The Morgan fingerprint density at radius 2 is 1.41 bits per heavy atom. The Bertz CT molecular complexity index is 1160. The number of nitrogens with zero attached hydrogens (tertiary/aromatic N) is 2. The lowest BCUT2D eigenvalue weighted by molar-refractivity contribution is -0.123. The molecule has 174 valence electrons. The zero-order valence-electron chi connectivity index (χ0n) is 18.9. The van der Waals surface area contributed by atoms with Crippen LogP contribution in [0.4, 0.5) is 5.69 Å². The van der Waals surface area contributed by atoms with E-state index < -0.39 is 19.9 Å². The summed E-state index contributed by atoms with van der Waals surface area (Å²) in [4.78, 5) is 14.9. The van der Waals surface area contributed by atoms with Crippen molar-refractivity contribution in [2.45, 2.75) is 42.4 Å². The number of hydrogen-bond donors (Lipinski definition) is 0. The number of carbonyl (C=O) groups is 1. The monoisotopic (exact) mass is 478 g/mol. The first-order valence-electron chi connectivity index (χ1n) is 10.6. The molecule has 0 aromatic heterocycles. The summed E-state index contributed by atoms with van der Waals surface area (Å²) in [5, 5.41) is 0. The molecule has 9 heteroatoms. The molecule has 1 fully saturated rings. The van der Waals surface area contributed by atoms with Gasteiger partial charge in [-0.15, -0.1) is 0 Å². The molecular formula is C23H30N2O5S2. The highest BCUT2D eigenvalue weighted by Crippen LogP contribution is 2.27. The molecule has 0 spiro atoms. The SMILES string of the molecule is CC(C)c1ccc(S(=O)(=O)N2CCC(C(=O)N(C)c3ccc(S(C)(=O)=O)cc3)CC2)cc1. The van der Waals surface area contributed by atoms with Crippen LogP contribution in [0.25, 0.3) is 0 Å². The molecule has 32 heavy (non-hydrogen) atoms. The Hall–Kier alpha value is -2.23. The van der Waals surface area contributed by atoms with Gasteiger partial charge in [-0.2, -0.15) is 4.31 Å². The van der Waals surface area contributed by atoms with Crippen LogP contribution in [0.5, 0.6) is 0 Å². The van der Waals surface area contributed by atoms with E-state index >= 15 is 0 Å². The zero-order valence-corrected chi connectivity index (χ0v) is 20.5. The Morgan fingerprint density at radius 1 is 0.906 bits per heavy atom. The number of carbonyl (C=O) groups excluding carboxylic acids is 1. The molecule has 1 heterocycles. The van der Waals surface area contributed by atoms with Crippen molar-refractivity contribution < 1.29 is 21.6 Å². The zero-order chi connectivity index (χ0) is 23.7. The van der Waals surface area contributed by atoms with E-state index in [9.17, 15) is 21.6 Å². The minimum Gasteiger partial charge on any atom is -0.315 e. The largest absolute Gasteiger partial charge is 0.315 e. The number of rotatable bonds is 6. The van der Waals surface area contributed by atoms with Gasteiger partial charge >= 0.3 is 0 Å². The number of piperidine rings is 1. The number of benzene rings is 2. The third-order valence-corrected chi connectivity index (χ3v) is 9.01. The predicted octanol–water partition coefficient (Wildman–Crippen LogP) is 3.28. The molecule has 0 aliphatic carbocycles. The van der Waals surface area contributed by atoms with E-state index in [-0.39, 0.29) is 34.7 Å². The lowest BCUT2D eigenvalue weighted by Crippen LogP contribution is -2.43. The molecule has 0 unspecified atom stereocenters. The van der Waals surface area contributed by atoms with Gasteiger partial charge in [-0.25, -0.2) is 16.8 Å². The van der Waals surface area contributed by atoms with Crippen LogP contribution in [0.2, 0.25) is 0 Å². The van der Waals surface area contributed by atoms with Crippen LogP contribution in [0.15, 0.2) is 58.3 Å². The van der Waals surface area contributed by atoms with Gasteiger partial charge in [0.15, 0.2) is 9.84 Å². The highest BCUT2D eigenvalue weighted by Gasteiger charge is 2.33. The summed E-state index contributed by atoms with van der Waals surface area (Å²) < 4.78 is 50.7. The standard InChI is InChI=1S/C23H30N2O5S2/c1-17(2)18-5-9-22(10-6-18)32(29,30)25-15-13-19(14-16-25)23(26)24(3)20-7-11-21(12-8-20)31(4,27)28/h5-12,17,19H,13-16H2,1-4H3. The van der Waals surface area contributed by atoms with Crippen LogP contribution in [-0.4, -0.2) is 53.4 Å². The first-order valence-corrected chi connectivity index (χ1v) is 13.9. The molecule has 1 amide bonds. The maximum atomic E-state index is 13.0. The molecule has 3 rings (SSSR count). The van der Waals surface area contributed by atoms with E-state index in [2.05, 4.69) is 13.8 Å². The highest BCUT2D eigenvalue weighted by atomic mass is 32.2. The summed E-state index contributed by atoms with van der Waals surface area (Å²) in [6, 6.07) is 13.2. The smallest absolute Gasteiger partial charge is 0.243 e. The van der Waals surface area contributed by atoms with Gasteiger partial charge in [0.25, 0.3) is 0 Å². The van der Waals surface area contributed by atoms with Gasteiger partial charge in [-0.05, 0) is 60.7 Å². The maximum absolute atomic E-state index is 13.0. The molecule has 0 atom stereocenters. The predicted molar refractivity (Wildman–Crippen MR) is 125 cm³/mol. The van der Waals surface area contributed by atoms with Crippen molar-refractivity contribution in [3.8, 4) is 0 Å². The average molecular weight is 479 g/mol. The lowest BCUT2D eigenvalue weighted by Gasteiger charge is -2.32. The Kier molecular flexibility index (Phi) is 7.12. The second kappa shape index (κ2) is 9.33. The minimum absolute atomic E-state index is 0.101. The Morgan fingerprint density at radius 3 is 1.88 bits per heavy atom. The van der Waals surface area contributed by atoms with Crippen molar-refractivity contribution in [1.29, 1.82) is 0 Å². The average Bonchev–Trinajstić information content (AvgIpc) is 2.77. The second-order valence-corrected chi connectivity index (χ2v) is 12.5. The van der Waals surface area contributed by atoms with E-state index in [4.69, 9.17) is 0 Å². The van der Waals surface area contributed by atoms with E-state index in [1.807, 2.05) is 12.1 Å². The molecule has 0 radical (unpaired) electrons. The third-order valence-electron chi connectivity index (χ3n) is 5.97. The molecule has 1 aliphatic rings. The van der Waals surface area contributed by atoms with Crippen molar-refractivity contribution in [2.24, 2.45) is 5.92 Å². The number of sulfone groups is 1. The summed E-state index contributed by atoms with van der Waals surface area (Å²) in [5.41, 5.74) is 1.68. The minimum atomic E-state index is -3.59. The number of anilines is 1. The van der Waals surface area contributed by atoms with E-state index in [1.54, 1.807) is 31.3 Å². The fraction of sp³-hybridized carbons (Fsp3) is 0.435. The maximum Gasteiger partial charge on any atom is 0.243 e. The summed E-state index contributed by atoms with van der Waals surface area (Å²) in [6.07, 6.45) is 2.01. The van der Waals surface area contributed by atoms with E-state index in [1.165, 1.54) is 21.3 Å². The second-order valence-electron chi connectivity index (χ2n) is 8.57. The number of sulfonamides is 1. The van der Waals surface area contributed by atoms with Crippen molar-refractivity contribution in [1.82, 2.24) is 4.31 Å². The van der Waals surface area contributed by atoms with Gasteiger partial charge in [0, 0.05) is 38.0 Å². The van der Waals surface area contributed by atoms with Gasteiger partial charge < -0.3 is 4.90 Å². The Balaban J connectivity index is 1.65. The summed E-state index contributed by atoms with van der Waals surface area (Å²) in [6.45, 7) is 4.68. The van der Waals surface area contributed by atoms with Gasteiger partial charge in [-0.3, -0.25) is 4.79 Å². The van der Waals surface area contributed by atoms with Crippen LogP contribution in [0, 0.1) is 5.92 Å². The molecule has 0 bridgehead atoms. The van der Waals surface area contributed by atoms with Gasteiger partial charge in [-0.1, -0.05) is 26.0 Å². The van der Waals surface area contributed by atoms with E-state index in [0.29, 0.717) is 24.4 Å². The molecule has 7 nitrogen and oxygen atoms in total. The van der Waals surface area contributed by atoms with Crippen molar-refractivity contribution in [3.63, 3.8) is 0 Å². The van der Waals surface area contributed by atoms with Gasteiger partial charge in [0.1, 0.15) is 0 Å². The Labute approximate surface area is 191 Å². The summed E-state index contributed by atoms with van der Waals surface area (Å²) >= 11 is 0. The molecule has 0 N–H and O–H groups in total. The molecule has 0 saturated carbocycles. The van der Waals surface area contributed by atoms with Crippen LogP contribution < -0.4 is 4.90 Å². The van der Waals surface area contributed by atoms with Crippen LogP contribution >= 0.6 is 0 Å². The normalized spacial score (nSPS) is 16.3. The quantitative estimate of drug-likeness (QED) is 0.635. The number of amides is 1. The van der Waals surface area contributed by atoms with Crippen molar-refractivity contribution >= 4 is 31.5 Å². The van der Waals surface area contributed by atoms with Gasteiger partial charge in [0.2, 0.25) is 15.9 Å². The van der Waals surface area contributed by atoms with Crippen LogP contribution in [-0.2, 0) is 24.7 Å². The third kappa shape index (κ3) is 5.22. The van der Waals surface area contributed by atoms with Crippen LogP contribution in [0.3, 0.4) is 0 Å². The summed E-state index contributed by atoms with van der Waals surface area (Å²) in [5.74, 6) is -0.0622. The highest BCUT2D eigenvalue weighted by molar-refractivity contribution is 7.90. The molecule has 2 aromatic carbocycles. The fourth-order valence-corrected chi connectivity index (χ4v) is 5.94. The van der Waals surface area contributed by atoms with E-state index in [0.717, 1.165) is 11.8 Å². The molecule has 1 aliphatic heterocycles. The van der Waals surface area contributed by atoms with Crippen LogP contribution in [0.1, 0.15) is 38.2 Å². The van der Waals surface area contributed by atoms with Crippen molar-refractivity contribution in [3.05, 3.63) is 54.1 Å². The fourth-order valence-electron chi connectivity index (χ4n) is 3.83. The number of hydrogen-bond acceptors (Lipinski definition) is 5. The topological polar surface area (TPSA) is 91.8 Å². The first kappa shape index (κ1) is 24.4. The first-order chi connectivity index (χ1) is 14.9. The summed E-state index contributed by atoms with van der Waals surface area (Å²) in [7, 11) is -5.25. The molecule has 2 aromatic rings. The molecule has 1 saturated heterocycles. The van der Waals surface area contributed by atoms with Crippen molar-refractivity contribution in [2.75, 3.05) is 31.3 Å². The molecular weight excluding hydrogens is 448 g/mol.